The molecule has 0 spiro atoms. The molecule has 0 aromatic carbocycles. The Morgan fingerprint density at radius 3 is 2.46 bits per heavy atom. The molecule has 1 atom stereocenters. The van der Waals surface area contributed by atoms with Gasteiger partial charge in [0, 0.05) is 18.0 Å². The lowest BCUT2D eigenvalue weighted by molar-refractivity contribution is 0.0601. The first-order chi connectivity index (χ1) is 12.2. The summed E-state index contributed by atoms with van der Waals surface area (Å²) in [4.78, 5) is 16.0. The maximum atomic E-state index is 12.4. The number of methoxy groups -OCH3 is 1. The first-order valence-corrected chi connectivity index (χ1v) is 10.7. The van der Waals surface area contributed by atoms with E-state index < -0.39 is 0 Å². The van der Waals surface area contributed by atoms with Crippen LogP contribution in [-0.4, -0.2) is 36.2 Å². The zero-order valence-electron chi connectivity index (χ0n) is 16.8. The van der Waals surface area contributed by atoms with E-state index in [0.29, 0.717) is 28.4 Å². The predicted molar refractivity (Wildman–Crippen MR) is 114 cm³/mol. The molecule has 0 fully saturated rings. The van der Waals surface area contributed by atoms with E-state index in [9.17, 15) is 4.79 Å². The van der Waals surface area contributed by atoms with Gasteiger partial charge in [0.25, 0.3) is 0 Å². The summed E-state index contributed by atoms with van der Waals surface area (Å²) in [5.74, 6) is 1.43. The minimum atomic E-state index is -0.262. The molecule has 0 radical (unpaired) electrons. The fraction of sp³-hybridized carbons (Fsp3) is 0.700. The maximum Gasteiger partial charge on any atom is 0.341 e. The molecule has 1 heterocycles. The molecule has 1 aliphatic carbocycles. The van der Waals surface area contributed by atoms with E-state index in [0.717, 1.165) is 42.9 Å². The molecule has 1 unspecified atom stereocenters. The summed E-state index contributed by atoms with van der Waals surface area (Å²) in [5.41, 5.74) is 1.85. The molecule has 0 saturated carbocycles. The van der Waals surface area contributed by atoms with Crippen molar-refractivity contribution in [2.75, 3.05) is 25.5 Å². The summed E-state index contributed by atoms with van der Waals surface area (Å²) in [6, 6.07) is 0. The van der Waals surface area contributed by atoms with Crippen molar-refractivity contribution in [3.8, 4) is 0 Å². The van der Waals surface area contributed by atoms with Crippen molar-refractivity contribution in [1.82, 2.24) is 4.90 Å². The second kappa shape index (κ2) is 9.18. The largest absolute Gasteiger partial charge is 0.465 e. The molecule has 6 heteroatoms. The van der Waals surface area contributed by atoms with E-state index in [-0.39, 0.29) is 5.97 Å². The van der Waals surface area contributed by atoms with Gasteiger partial charge in [-0.05, 0) is 54.8 Å². The quantitative estimate of drug-likeness (QED) is 0.543. The number of carbonyl (C=O) groups is 1. The van der Waals surface area contributed by atoms with Crippen molar-refractivity contribution in [3.05, 3.63) is 16.0 Å². The Hall–Kier alpha value is -1.14. The Morgan fingerprint density at radius 1 is 1.31 bits per heavy atom. The molecule has 26 heavy (non-hydrogen) atoms. The lowest BCUT2D eigenvalue weighted by Crippen LogP contribution is -2.39. The van der Waals surface area contributed by atoms with Crippen LogP contribution in [0.2, 0.25) is 0 Å². The summed E-state index contributed by atoms with van der Waals surface area (Å²) < 4.78 is 5.07. The topological polar surface area (TPSA) is 41.6 Å². The van der Waals surface area contributed by atoms with E-state index in [1.165, 1.54) is 12.0 Å². The minimum absolute atomic E-state index is 0.262. The molecular weight excluding hydrogens is 364 g/mol. The molecule has 1 aromatic rings. The Bertz CT molecular complexity index is 642. The molecule has 0 bridgehead atoms. The van der Waals surface area contributed by atoms with Gasteiger partial charge in [0.2, 0.25) is 0 Å². The number of thiophene rings is 1. The zero-order valence-corrected chi connectivity index (χ0v) is 18.5. The van der Waals surface area contributed by atoms with Crippen LogP contribution in [0.1, 0.15) is 61.8 Å². The van der Waals surface area contributed by atoms with Crippen LogP contribution in [0.4, 0.5) is 5.00 Å². The summed E-state index contributed by atoms with van der Waals surface area (Å²) in [7, 11) is 1.45. The summed E-state index contributed by atoms with van der Waals surface area (Å²) >= 11 is 7.38. The average Bonchev–Trinajstić information content (AvgIpc) is 2.89. The molecule has 0 aliphatic heterocycles. The first kappa shape index (κ1) is 21.2. The molecule has 146 valence electrons. The number of hydrogen-bond acceptors (Lipinski definition) is 4. The number of carbonyl (C=O) groups excluding carboxylic acids is 1. The van der Waals surface area contributed by atoms with Crippen molar-refractivity contribution in [2.24, 2.45) is 17.8 Å². The van der Waals surface area contributed by atoms with E-state index >= 15 is 0 Å². The van der Waals surface area contributed by atoms with Gasteiger partial charge in [-0.3, -0.25) is 0 Å². The number of anilines is 1. The van der Waals surface area contributed by atoms with Crippen molar-refractivity contribution >= 4 is 39.6 Å². The number of ether oxygens (including phenoxy) is 1. The molecule has 1 N–H and O–H groups in total. The van der Waals surface area contributed by atoms with Crippen LogP contribution in [-0.2, 0) is 17.6 Å². The number of hydrogen-bond donors (Lipinski definition) is 1. The SMILES string of the molecule is COC(=O)c1c(NC(=S)N(CC(C)C)CC(C)C)sc2c1CCC(C)C2. The smallest absolute Gasteiger partial charge is 0.341 e. The van der Waals surface area contributed by atoms with Crippen LogP contribution >= 0.6 is 23.6 Å². The highest BCUT2D eigenvalue weighted by molar-refractivity contribution is 7.80. The molecule has 1 aliphatic rings. The average molecular weight is 397 g/mol. The molecule has 1 aromatic heterocycles. The number of esters is 1. The predicted octanol–water partition coefficient (Wildman–Crippen LogP) is 4.97. The van der Waals surface area contributed by atoms with Crippen molar-refractivity contribution in [3.63, 3.8) is 0 Å². The Labute approximate surface area is 167 Å². The van der Waals surface area contributed by atoms with Crippen LogP contribution in [0.5, 0.6) is 0 Å². The van der Waals surface area contributed by atoms with Crippen LogP contribution in [0, 0.1) is 17.8 Å². The number of thiocarbonyl (C=S) groups is 1. The summed E-state index contributed by atoms with van der Waals surface area (Å²) in [5, 5.41) is 4.93. The third kappa shape index (κ3) is 5.19. The van der Waals surface area contributed by atoms with E-state index in [2.05, 4.69) is 44.8 Å². The fourth-order valence-electron chi connectivity index (χ4n) is 3.45. The second-order valence-electron chi connectivity index (χ2n) is 8.17. The van der Waals surface area contributed by atoms with Gasteiger partial charge in [0.15, 0.2) is 5.11 Å². The van der Waals surface area contributed by atoms with Gasteiger partial charge in [0.05, 0.1) is 12.7 Å². The lowest BCUT2D eigenvalue weighted by Gasteiger charge is -2.29. The van der Waals surface area contributed by atoms with Gasteiger partial charge in [-0.2, -0.15) is 0 Å². The van der Waals surface area contributed by atoms with Crippen molar-refractivity contribution in [1.29, 1.82) is 0 Å². The number of nitrogens with one attached hydrogen (secondary N) is 1. The molecule has 4 nitrogen and oxygen atoms in total. The van der Waals surface area contributed by atoms with Gasteiger partial charge in [-0.25, -0.2) is 4.79 Å². The van der Waals surface area contributed by atoms with Crippen molar-refractivity contribution in [2.45, 2.75) is 53.9 Å². The highest BCUT2D eigenvalue weighted by Crippen LogP contribution is 2.40. The lowest BCUT2D eigenvalue weighted by atomic mass is 9.88. The van der Waals surface area contributed by atoms with Gasteiger partial charge in [0.1, 0.15) is 5.00 Å². The molecule has 2 rings (SSSR count). The second-order valence-corrected chi connectivity index (χ2v) is 9.66. The molecular formula is C20H32N2O2S2. The summed E-state index contributed by atoms with van der Waals surface area (Å²) in [6.45, 7) is 12.9. The molecule has 0 saturated heterocycles. The van der Waals surface area contributed by atoms with Gasteiger partial charge >= 0.3 is 5.97 Å². The highest BCUT2D eigenvalue weighted by Gasteiger charge is 2.29. The standard InChI is InChI=1S/C20H32N2O2S2/c1-12(2)10-22(11-13(3)4)20(25)21-18-17(19(23)24-6)15-8-7-14(5)9-16(15)26-18/h12-14H,7-11H2,1-6H3,(H,21,25). The number of nitrogens with zero attached hydrogens (tertiary/aromatic N) is 1. The van der Waals surface area contributed by atoms with Crippen molar-refractivity contribution < 1.29 is 9.53 Å². The molecule has 0 amide bonds. The van der Waals surface area contributed by atoms with E-state index in [4.69, 9.17) is 17.0 Å². The zero-order chi connectivity index (χ0) is 19.4. The third-order valence-electron chi connectivity index (χ3n) is 4.58. The number of fused-ring (bicyclic) bond motifs is 1. The van der Waals surface area contributed by atoms with Crippen LogP contribution in [0.3, 0.4) is 0 Å². The fourth-order valence-corrected chi connectivity index (χ4v) is 5.17. The third-order valence-corrected chi connectivity index (χ3v) is 6.11. The van der Waals surface area contributed by atoms with Crippen LogP contribution < -0.4 is 5.32 Å². The maximum absolute atomic E-state index is 12.4. The van der Waals surface area contributed by atoms with Gasteiger partial charge in [-0.1, -0.05) is 34.6 Å². The van der Waals surface area contributed by atoms with Crippen LogP contribution in [0.25, 0.3) is 0 Å². The van der Waals surface area contributed by atoms with Gasteiger partial charge < -0.3 is 15.0 Å². The highest BCUT2D eigenvalue weighted by atomic mass is 32.1. The Kier molecular flexibility index (Phi) is 7.47. The first-order valence-electron chi connectivity index (χ1n) is 9.51. The summed E-state index contributed by atoms with van der Waals surface area (Å²) in [6.07, 6.45) is 3.08. The monoisotopic (exact) mass is 396 g/mol. The number of rotatable bonds is 6. The van der Waals surface area contributed by atoms with E-state index in [1.54, 1.807) is 11.3 Å². The minimum Gasteiger partial charge on any atom is -0.465 e. The van der Waals surface area contributed by atoms with Crippen LogP contribution in [0.15, 0.2) is 0 Å². The van der Waals surface area contributed by atoms with Gasteiger partial charge in [-0.15, -0.1) is 11.3 Å². The van der Waals surface area contributed by atoms with E-state index in [1.807, 2.05) is 0 Å². The Balaban J connectivity index is 2.29. The Morgan fingerprint density at radius 2 is 1.92 bits per heavy atom. The normalized spacial score (nSPS) is 16.5.